The molecule has 19 heavy (non-hydrogen) atoms. The quantitative estimate of drug-likeness (QED) is 0.767. The monoisotopic (exact) mass is 339 g/mol. The van der Waals surface area contributed by atoms with Crippen LogP contribution in [0.15, 0.2) is 38.6 Å². The number of aromatic nitrogens is 2. The molecule has 2 heterocycles. The van der Waals surface area contributed by atoms with Crippen LogP contribution in [0.2, 0.25) is 0 Å². The van der Waals surface area contributed by atoms with Crippen molar-refractivity contribution >= 4 is 33.0 Å². The van der Waals surface area contributed by atoms with E-state index in [1.165, 1.54) is 23.5 Å². The molecule has 0 amide bonds. The van der Waals surface area contributed by atoms with Crippen LogP contribution < -0.4 is 5.73 Å². The van der Waals surface area contributed by atoms with E-state index in [1.54, 1.807) is 12.1 Å². The van der Waals surface area contributed by atoms with E-state index in [9.17, 15) is 4.39 Å². The number of benzene rings is 1. The number of nitrogens with zero attached hydrogens (tertiary/aromatic N) is 2. The molecule has 0 saturated heterocycles. The second-order valence-electron chi connectivity index (χ2n) is 3.75. The van der Waals surface area contributed by atoms with Crippen molar-refractivity contribution in [1.82, 2.24) is 10.1 Å². The number of nitrogen functional groups attached to an aromatic ring is 1. The summed E-state index contributed by atoms with van der Waals surface area (Å²) in [5.74, 6) is 0.285. The Labute approximate surface area is 120 Å². The molecule has 0 bridgehead atoms. The molecule has 7 heteroatoms. The molecule has 0 fully saturated rings. The maximum atomic E-state index is 13.3. The number of nitrogens with two attached hydrogens (primary N) is 1. The van der Waals surface area contributed by atoms with Gasteiger partial charge in [-0.1, -0.05) is 21.1 Å². The van der Waals surface area contributed by atoms with Crippen LogP contribution in [0, 0.1) is 5.82 Å². The first-order valence-electron chi connectivity index (χ1n) is 5.27. The van der Waals surface area contributed by atoms with Crippen molar-refractivity contribution in [2.24, 2.45) is 0 Å². The third-order valence-electron chi connectivity index (χ3n) is 2.49. The minimum Gasteiger partial charge on any atom is -0.397 e. The first-order valence-corrected chi connectivity index (χ1v) is 6.95. The van der Waals surface area contributed by atoms with Crippen molar-refractivity contribution in [2.75, 3.05) is 5.73 Å². The zero-order valence-corrected chi connectivity index (χ0v) is 11.8. The number of thiophene rings is 1. The molecule has 0 atom stereocenters. The molecule has 4 nitrogen and oxygen atoms in total. The van der Waals surface area contributed by atoms with Crippen LogP contribution in [0.3, 0.4) is 0 Å². The molecule has 0 radical (unpaired) electrons. The van der Waals surface area contributed by atoms with Gasteiger partial charge in [0.2, 0.25) is 5.82 Å². The predicted molar refractivity (Wildman–Crippen MR) is 75.1 cm³/mol. The predicted octanol–water partition coefficient (Wildman–Crippen LogP) is 3.95. The van der Waals surface area contributed by atoms with E-state index in [0.29, 0.717) is 32.3 Å². The van der Waals surface area contributed by atoms with Gasteiger partial charge < -0.3 is 10.3 Å². The maximum Gasteiger partial charge on any atom is 0.270 e. The smallest absolute Gasteiger partial charge is 0.270 e. The number of anilines is 1. The van der Waals surface area contributed by atoms with Crippen molar-refractivity contribution in [3.63, 3.8) is 0 Å². The Morgan fingerprint density at radius 3 is 2.89 bits per heavy atom. The number of hydrogen-bond donors (Lipinski definition) is 1. The first-order chi connectivity index (χ1) is 9.15. The molecular formula is C12H7BrFN3OS. The zero-order valence-electron chi connectivity index (χ0n) is 9.43. The van der Waals surface area contributed by atoms with Crippen molar-refractivity contribution in [3.05, 3.63) is 39.9 Å². The van der Waals surface area contributed by atoms with Gasteiger partial charge in [-0.05, 0) is 29.6 Å². The van der Waals surface area contributed by atoms with Crippen LogP contribution in [0.4, 0.5) is 10.1 Å². The highest BCUT2D eigenvalue weighted by Gasteiger charge is 2.16. The third kappa shape index (κ3) is 2.26. The van der Waals surface area contributed by atoms with E-state index < -0.39 is 0 Å². The van der Waals surface area contributed by atoms with Gasteiger partial charge in [-0.3, -0.25) is 0 Å². The summed E-state index contributed by atoms with van der Waals surface area (Å²) in [5, 5.41) is 5.69. The van der Waals surface area contributed by atoms with Gasteiger partial charge in [-0.25, -0.2) is 4.39 Å². The van der Waals surface area contributed by atoms with Gasteiger partial charge in [0, 0.05) is 10.0 Å². The van der Waals surface area contributed by atoms with E-state index in [2.05, 4.69) is 26.1 Å². The highest BCUT2D eigenvalue weighted by atomic mass is 79.9. The zero-order chi connectivity index (χ0) is 13.4. The highest BCUT2D eigenvalue weighted by molar-refractivity contribution is 9.10. The average molecular weight is 340 g/mol. The molecule has 0 spiro atoms. The second kappa shape index (κ2) is 4.75. The molecule has 0 aliphatic heterocycles. The molecule has 2 N–H and O–H groups in total. The van der Waals surface area contributed by atoms with Crippen LogP contribution in [0.1, 0.15) is 0 Å². The van der Waals surface area contributed by atoms with Gasteiger partial charge in [-0.15, -0.1) is 11.3 Å². The minimum absolute atomic E-state index is 0.314. The van der Waals surface area contributed by atoms with Gasteiger partial charge in [0.1, 0.15) is 10.7 Å². The summed E-state index contributed by atoms with van der Waals surface area (Å²) < 4.78 is 19.1. The van der Waals surface area contributed by atoms with Crippen molar-refractivity contribution in [3.8, 4) is 22.2 Å². The summed E-state index contributed by atoms with van der Waals surface area (Å²) in [4.78, 5) is 4.96. The maximum absolute atomic E-state index is 13.3. The van der Waals surface area contributed by atoms with Crippen molar-refractivity contribution < 1.29 is 8.91 Å². The summed E-state index contributed by atoms with van der Waals surface area (Å²) in [6, 6.07) is 6.06. The van der Waals surface area contributed by atoms with E-state index in [0.717, 1.165) is 0 Å². The Hall–Kier alpha value is -1.73. The molecule has 96 valence electrons. The lowest BCUT2D eigenvalue weighted by atomic mass is 10.2. The van der Waals surface area contributed by atoms with Gasteiger partial charge in [0.05, 0.1) is 5.69 Å². The van der Waals surface area contributed by atoms with Crippen molar-refractivity contribution in [2.45, 2.75) is 0 Å². The Morgan fingerprint density at radius 1 is 1.32 bits per heavy atom. The van der Waals surface area contributed by atoms with Gasteiger partial charge in [0.25, 0.3) is 5.89 Å². The molecule has 0 unspecified atom stereocenters. The molecule has 2 aromatic heterocycles. The fraction of sp³-hybridized carbons (Fsp3) is 0. The van der Waals surface area contributed by atoms with E-state index in [-0.39, 0.29) is 5.82 Å². The normalized spacial score (nSPS) is 10.8. The summed E-state index contributed by atoms with van der Waals surface area (Å²) in [7, 11) is 0. The lowest BCUT2D eigenvalue weighted by Crippen LogP contribution is -1.86. The standard InChI is InChI=1S/C12H7BrFN3OS/c13-8-2-1-6(14)5-7(8)11-16-12(18-17-11)10-9(15)3-4-19-10/h1-5H,15H2. The molecule has 0 aliphatic rings. The molecule has 0 saturated carbocycles. The fourth-order valence-electron chi connectivity index (χ4n) is 1.59. The second-order valence-corrected chi connectivity index (χ2v) is 5.52. The summed E-state index contributed by atoms with van der Waals surface area (Å²) >= 11 is 4.74. The van der Waals surface area contributed by atoms with Crippen LogP contribution in [0.5, 0.6) is 0 Å². The third-order valence-corrected chi connectivity index (χ3v) is 4.09. The molecule has 3 rings (SSSR count). The number of halogens is 2. The minimum atomic E-state index is -0.361. The van der Waals surface area contributed by atoms with Gasteiger partial charge >= 0.3 is 0 Å². The highest BCUT2D eigenvalue weighted by Crippen LogP contribution is 2.33. The topological polar surface area (TPSA) is 64.9 Å². The van der Waals surface area contributed by atoms with E-state index >= 15 is 0 Å². The van der Waals surface area contributed by atoms with E-state index in [4.69, 9.17) is 10.3 Å². The summed E-state index contributed by atoms with van der Waals surface area (Å²) in [6.07, 6.45) is 0. The Kier molecular flexibility index (Phi) is 3.08. The van der Waals surface area contributed by atoms with Crippen LogP contribution in [0.25, 0.3) is 22.2 Å². The Balaban J connectivity index is 2.06. The molecule has 1 aromatic carbocycles. The summed E-state index contributed by atoms with van der Waals surface area (Å²) in [6.45, 7) is 0. The largest absolute Gasteiger partial charge is 0.397 e. The first kappa shape index (κ1) is 12.3. The molecular weight excluding hydrogens is 333 g/mol. The van der Waals surface area contributed by atoms with Crippen LogP contribution in [-0.2, 0) is 0 Å². The lowest BCUT2D eigenvalue weighted by Gasteiger charge is -1.98. The fourth-order valence-corrected chi connectivity index (χ4v) is 2.75. The Bertz CT molecular complexity index is 740. The van der Waals surface area contributed by atoms with E-state index in [1.807, 2.05) is 5.38 Å². The lowest BCUT2D eigenvalue weighted by molar-refractivity contribution is 0.433. The molecule has 0 aliphatic carbocycles. The van der Waals surface area contributed by atoms with Gasteiger partial charge in [0.15, 0.2) is 0 Å². The SMILES string of the molecule is Nc1ccsc1-c1nc(-c2cc(F)ccc2Br)no1. The Morgan fingerprint density at radius 2 is 2.16 bits per heavy atom. The number of hydrogen-bond acceptors (Lipinski definition) is 5. The molecule has 3 aromatic rings. The van der Waals surface area contributed by atoms with Crippen LogP contribution in [-0.4, -0.2) is 10.1 Å². The van der Waals surface area contributed by atoms with Crippen LogP contribution >= 0.6 is 27.3 Å². The number of rotatable bonds is 2. The summed E-state index contributed by atoms with van der Waals surface area (Å²) in [5.41, 5.74) is 6.90. The van der Waals surface area contributed by atoms with Gasteiger partial charge in [-0.2, -0.15) is 4.98 Å². The average Bonchev–Trinajstić information content (AvgIpc) is 3.00. The van der Waals surface area contributed by atoms with Crippen molar-refractivity contribution in [1.29, 1.82) is 0 Å².